The molecule has 0 radical (unpaired) electrons. The average Bonchev–Trinajstić information content (AvgIpc) is 2.59. The lowest BCUT2D eigenvalue weighted by molar-refractivity contribution is 0.401. The molecule has 0 aliphatic heterocycles. The Morgan fingerprint density at radius 3 is 2.48 bits per heavy atom. The fourth-order valence-electron chi connectivity index (χ4n) is 2.60. The van der Waals surface area contributed by atoms with E-state index in [1.807, 2.05) is 26.2 Å². The van der Waals surface area contributed by atoms with Crippen molar-refractivity contribution in [3.05, 3.63) is 60.1 Å². The van der Waals surface area contributed by atoms with Gasteiger partial charge < -0.3 is 9.64 Å². The number of aromatic nitrogens is 1. The summed E-state index contributed by atoms with van der Waals surface area (Å²) in [7, 11) is 5.59. The summed E-state index contributed by atoms with van der Waals surface area (Å²) in [5.41, 5.74) is 3.43. The van der Waals surface area contributed by atoms with Crippen molar-refractivity contribution in [2.24, 2.45) is 0 Å². The van der Waals surface area contributed by atoms with E-state index in [0.29, 0.717) is 11.6 Å². The van der Waals surface area contributed by atoms with Gasteiger partial charge in [-0.2, -0.15) is 0 Å². The third-order valence-corrected chi connectivity index (χ3v) is 3.85. The van der Waals surface area contributed by atoms with Crippen LogP contribution in [0, 0.1) is 6.57 Å². The first-order chi connectivity index (χ1) is 11.1. The van der Waals surface area contributed by atoms with Gasteiger partial charge in [0.15, 0.2) is 0 Å². The normalized spacial score (nSPS) is 10.3. The molecule has 1 heterocycles. The number of fused-ring (bicyclic) bond motifs is 1. The molecule has 0 aliphatic carbocycles. The van der Waals surface area contributed by atoms with Gasteiger partial charge in [0.2, 0.25) is 5.88 Å². The number of anilines is 1. The van der Waals surface area contributed by atoms with Gasteiger partial charge in [-0.1, -0.05) is 18.2 Å². The quantitative estimate of drug-likeness (QED) is 0.666. The first-order valence-electron chi connectivity index (χ1n) is 7.26. The second-order valence-electron chi connectivity index (χ2n) is 5.47. The largest absolute Gasteiger partial charge is 0.490 e. The lowest BCUT2D eigenvalue weighted by atomic mass is 10.0. The SMILES string of the molecule is [C-]#[N+]c1c(-c2ccc3cc(N(C)C)ccc3c2)ccnc1OC. The maximum atomic E-state index is 7.42. The molecule has 0 unspecified atom stereocenters. The van der Waals surface area contributed by atoms with Crippen molar-refractivity contribution in [2.75, 3.05) is 26.1 Å². The van der Waals surface area contributed by atoms with Gasteiger partial charge in [-0.05, 0) is 46.2 Å². The van der Waals surface area contributed by atoms with Crippen LogP contribution in [0.1, 0.15) is 0 Å². The zero-order valence-electron chi connectivity index (χ0n) is 13.4. The Balaban J connectivity index is 2.15. The monoisotopic (exact) mass is 303 g/mol. The van der Waals surface area contributed by atoms with Gasteiger partial charge >= 0.3 is 0 Å². The summed E-state index contributed by atoms with van der Waals surface area (Å²) in [5, 5.41) is 2.31. The summed E-state index contributed by atoms with van der Waals surface area (Å²) in [5.74, 6) is 0.362. The summed E-state index contributed by atoms with van der Waals surface area (Å²) in [6, 6.07) is 14.4. The zero-order valence-corrected chi connectivity index (χ0v) is 13.4. The summed E-state index contributed by atoms with van der Waals surface area (Å²) < 4.78 is 5.20. The molecular formula is C19H17N3O. The maximum absolute atomic E-state index is 7.42. The number of hydrogen-bond acceptors (Lipinski definition) is 3. The van der Waals surface area contributed by atoms with Gasteiger partial charge in [-0.3, -0.25) is 0 Å². The third-order valence-electron chi connectivity index (χ3n) is 3.85. The predicted octanol–water partition coefficient (Wildman–Crippen LogP) is 4.53. The van der Waals surface area contributed by atoms with Crippen LogP contribution in [0.5, 0.6) is 5.88 Å². The molecule has 0 saturated carbocycles. The number of rotatable bonds is 3. The second kappa shape index (κ2) is 5.98. The van der Waals surface area contributed by atoms with Crippen molar-refractivity contribution >= 4 is 22.1 Å². The van der Waals surface area contributed by atoms with Gasteiger partial charge in [0.25, 0.3) is 5.69 Å². The minimum absolute atomic E-state index is 0.362. The molecule has 114 valence electrons. The van der Waals surface area contributed by atoms with Crippen molar-refractivity contribution in [3.63, 3.8) is 0 Å². The summed E-state index contributed by atoms with van der Waals surface area (Å²) in [6.45, 7) is 7.42. The van der Waals surface area contributed by atoms with Crippen molar-refractivity contribution in [1.82, 2.24) is 4.98 Å². The highest BCUT2D eigenvalue weighted by Gasteiger charge is 2.12. The van der Waals surface area contributed by atoms with Gasteiger partial charge in [0.1, 0.15) is 0 Å². The van der Waals surface area contributed by atoms with E-state index in [4.69, 9.17) is 11.3 Å². The first kappa shape index (κ1) is 14.9. The van der Waals surface area contributed by atoms with Gasteiger partial charge in [-0.25, -0.2) is 9.83 Å². The van der Waals surface area contributed by atoms with Crippen LogP contribution >= 0.6 is 0 Å². The Morgan fingerprint density at radius 1 is 1.04 bits per heavy atom. The van der Waals surface area contributed by atoms with Crippen LogP contribution in [0.4, 0.5) is 11.4 Å². The molecule has 0 saturated heterocycles. The first-order valence-corrected chi connectivity index (χ1v) is 7.26. The molecule has 4 heteroatoms. The molecule has 0 fully saturated rings. The maximum Gasteiger partial charge on any atom is 0.254 e. The van der Waals surface area contributed by atoms with E-state index in [-0.39, 0.29) is 0 Å². The van der Waals surface area contributed by atoms with E-state index < -0.39 is 0 Å². The Kier molecular flexibility index (Phi) is 3.86. The molecule has 0 atom stereocenters. The number of benzene rings is 2. The Morgan fingerprint density at radius 2 is 1.78 bits per heavy atom. The number of nitrogens with zero attached hydrogens (tertiary/aromatic N) is 3. The molecule has 0 N–H and O–H groups in total. The average molecular weight is 303 g/mol. The minimum atomic E-state index is 0.362. The van der Waals surface area contributed by atoms with Gasteiger partial charge in [0.05, 0.1) is 13.7 Å². The number of pyridine rings is 1. The fourth-order valence-corrected chi connectivity index (χ4v) is 2.60. The van der Waals surface area contributed by atoms with Crippen molar-refractivity contribution in [1.29, 1.82) is 0 Å². The van der Waals surface area contributed by atoms with Gasteiger partial charge in [-0.15, -0.1) is 0 Å². The highest BCUT2D eigenvalue weighted by atomic mass is 16.5. The fraction of sp³-hybridized carbons (Fsp3) is 0.158. The van der Waals surface area contributed by atoms with E-state index in [1.54, 1.807) is 6.20 Å². The highest BCUT2D eigenvalue weighted by Crippen LogP contribution is 2.37. The smallest absolute Gasteiger partial charge is 0.254 e. The second-order valence-corrected chi connectivity index (χ2v) is 5.47. The lowest BCUT2D eigenvalue weighted by Crippen LogP contribution is -2.07. The van der Waals surface area contributed by atoms with Crippen molar-refractivity contribution in [3.8, 4) is 17.0 Å². The summed E-state index contributed by atoms with van der Waals surface area (Å²) in [6.07, 6.45) is 1.67. The Bertz CT molecular complexity index is 910. The van der Waals surface area contributed by atoms with E-state index in [2.05, 4.69) is 45.1 Å². The van der Waals surface area contributed by atoms with Crippen LogP contribution in [0.3, 0.4) is 0 Å². The van der Waals surface area contributed by atoms with E-state index >= 15 is 0 Å². The number of ether oxygens (including phenoxy) is 1. The third kappa shape index (κ3) is 2.69. The van der Waals surface area contributed by atoms with E-state index in [1.165, 1.54) is 12.5 Å². The van der Waals surface area contributed by atoms with Crippen LogP contribution in [-0.2, 0) is 0 Å². The molecular weight excluding hydrogens is 286 g/mol. The molecule has 23 heavy (non-hydrogen) atoms. The van der Waals surface area contributed by atoms with Crippen molar-refractivity contribution in [2.45, 2.75) is 0 Å². The van der Waals surface area contributed by atoms with Crippen LogP contribution in [0.25, 0.3) is 26.7 Å². The van der Waals surface area contributed by atoms with Crippen LogP contribution in [-0.4, -0.2) is 26.2 Å². The Labute approximate surface area is 135 Å². The molecule has 4 nitrogen and oxygen atoms in total. The van der Waals surface area contributed by atoms with Crippen LogP contribution in [0.2, 0.25) is 0 Å². The van der Waals surface area contributed by atoms with E-state index in [9.17, 15) is 0 Å². The van der Waals surface area contributed by atoms with E-state index in [0.717, 1.165) is 22.2 Å². The predicted molar refractivity (Wildman–Crippen MR) is 94.3 cm³/mol. The standard InChI is InChI=1S/C19H17N3O/c1-20-18-17(9-10-21-19(18)23-4)15-6-5-14-12-16(22(2)3)8-7-13(14)11-15/h5-12H,2-4H3. The van der Waals surface area contributed by atoms with Gasteiger partial charge in [0, 0.05) is 26.0 Å². The lowest BCUT2D eigenvalue weighted by Gasteiger charge is -2.14. The number of hydrogen-bond donors (Lipinski definition) is 0. The molecule has 3 aromatic rings. The number of methoxy groups -OCH3 is 1. The topological polar surface area (TPSA) is 29.7 Å². The highest BCUT2D eigenvalue weighted by molar-refractivity contribution is 5.92. The molecule has 0 amide bonds. The van der Waals surface area contributed by atoms with Crippen LogP contribution < -0.4 is 9.64 Å². The summed E-state index contributed by atoms with van der Waals surface area (Å²) >= 11 is 0. The molecule has 0 bridgehead atoms. The van der Waals surface area contributed by atoms with Crippen molar-refractivity contribution < 1.29 is 4.74 Å². The Hall–Kier alpha value is -3.06. The zero-order chi connectivity index (χ0) is 16.4. The minimum Gasteiger partial charge on any atom is -0.490 e. The molecule has 3 rings (SSSR count). The summed E-state index contributed by atoms with van der Waals surface area (Å²) in [4.78, 5) is 9.78. The molecule has 0 spiro atoms. The van der Waals surface area contributed by atoms with Crippen LogP contribution in [0.15, 0.2) is 48.7 Å². The molecule has 1 aromatic heterocycles. The molecule has 0 aliphatic rings. The molecule has 2 aromatic carbocycles.